The van der Waals surface area contributed by atoms with Crippen molar-refractivity contribution >= 4 is 32.7 Å². The number of nitrogens with zero attached hydrogens (tertiary/aromatic N) is 1. The van der Waals surface area contributed by atoms with Gasteiger partial charge in [-0.25, -0.2) is 12.8 Å². The molecular formula is C20H20FN3O4S. The summed E-state index contributed by atoms with van der Waals surface area (Å²) in [5.74, 6) is -0.00645. The minimum absolute atomic E-state index is 0.211. The van der Waals surface area contributed by atoms with Crippen molar-refractivity contribution in [3.8, 4) is 11.3 Å². The van der Waals surface area contributed by atoms with Gasteiger partial charge in [-0.2, -0.15) is 4.98 Å². The van der Waals surface area contributed by atoms with E-state index in [1.165, 1.54) is 31.3 Å². The molecule has 9 heteroatoms. The van der Waals surface area contributed by atoms with E-state index < -0.39 is 15.7 Å². The average molecular weight is 417 g/mol. The molecule has 1 aliphatic carbocycles. The highest BCUT2D eigenvalue weighted by Crippen LogP contribution is 2.45. The van der Waals surface area contributed by atoms with Gasteiger partial charge in [-0.05, 0) is 54.7 Å². The molecule has 0 aliphatic heterocycles. The predicted octanol–water partition coefficient (Wildman–Crippen LogP) is 3.28. The van der Waals surface area contributed by atoms with E-state index in [4.69, 9.17) is 4.42 Å². The first kappa shape index (κ1) is 19.4. The summed E-state index contributed by atoms with van der Waals surface area (Å²) >= 11 is 0. The van der Waals surface area contributed by atoms with Crippen molar-refractivity contribution in [1.29, 1.82) is 0 Å². The zero-order valence-corrected chi connectivity index (χ0v) is 16.8. The number of hydrogen-bond donors (Lipinski definition) is 2. The molecule has 1 saturated carbocycles. The lowest BCUT2D eigenvalue weighted by molar-refractivity contribution is 0.0964. The first-order valence-electron chi connectivity index (χ1n) is 9.14. The maximum Gasteiger partial charge on any atom is 0.255 e. The number of pyridine rings is 1. The Balaban J connectivity index is 1.90. The second-order valence-electron chi connectivity index (χ2n) is 7.19. The van der Waals surface area contributed by atoms with Gasteiger partial charge in [-0.15, -0.1) is 0 Å². The third-order valence-corrected chi connectivity index (χ3v) is 5.46. The smallest absolute Gasteiger partial charge is 0.255 e. The van der Waals surface area contributed by atoms with Crippen LogP contribution in [0.5, 0.6) is 0 Å². The van der Waals surface area contributed by atoms with Crippen molar-refractivity contribution in [1.82, 2.24) is 10.3 Å². The molecule has 1 aliphatic rings. The van der Waals surface area contributed by atoms with E-state index in [2.05, 4.69) is 15.6 Å². The number of halogens is 1. The number of fused-ring (bicyclic) bond motifs is 1. The number of sulfone groups is 1. The van der Waals surface area contributed by atoms with E-state index in [9.17, 15) is 17.6 Å². The van der Waals surface area contributed by atoms with Crippen molar-refractivity contribution in [2.45, 2.75) is 18.8 Å². The Labute approximate surface area is 167 Å². The summed E-state index contributed by atoms with van der Waals surface area (Å²) < 4.78 is 42.4. The number of anilines is 1. The van der Waals surface area contributed by atoms with E-state index >= 15 is 0 Å². The van der Waals surface area contributed by atoms with Crippen LogP contribution in [0, 0.1) is 5.82 Å². The van der Waals surface area contributed by atoms with Gasteiger partial charge in [0.15, 0.2) is 9.84 Å². The number of rotatable bonds is 6. The van der Waals surface area contributed by atoms with E-state index in [1.807, 2.05) is 6.07 Å². The highest BCUT2D eigenvalue weighted by molar-refractivity contribution is 7.90. The SMILES string of the molecule is CNC(=O)c1c(-c2ccc(F)cc2)oc2nc(NCS(C)(=O)=O)c(C3CC3)cc12. The number of carbonyl (C=O) groups is 1. The monoisotopic (exact) mass is 417 g/mol. The van der Waals surface area contributed by atoms with Crippen LogP contribution in [0.4, 0.5) is 10.2 Å². The highest BCUT2D eigenvalue weighted by atomic mass is 32.2. The third kappa shape index (κ3) is 3.95. The molecule has 0 radical (unpaired) electrons. The summed E-state index contributed by atoms with van der Waals surface area (Å²) in [6.07, 6.45) is 3.08. The summed E-state index contributed by atoms with van der Waals surface area (Å²) in [6.45, 7) is 0. The van der Waals surface area contributed by atoms with Crippen molar-refractivity contribution in [2.75, 3.05) is 24.5 Å². The quantitative estimate of drug-likeness (QED) is 0.638. The summed E-state index contributed by atoms with van der Waals surface area (Å²) in [4.78, 5) is 17.1. The van der Waals surface area contributed by atoms with E-state index in [1.54, 1.807) is 0 Å². The number of amides is 1. The van der Waals surface area contributed by atoms with Crippen LogP contribution >= 0.6 is 0 Å². The lowest BCUT2D eigenvalue weighted by Crippen LogP contribution is -2.18. The molecule has 0 unspecified atom stereocenters. The number of furan rings is 1. The molecular weight excluding hydrogens is 397 g/mol. The molecule has 2 N–H and O–H groups in total. The zero-order chi connectivity index (χ0) is 20.8. The maximum absolute atomic E-state index is 13.3. The Morgan fingerprint density at radius 1 is 1.28 bits per heavy atom. The van der Waals surface area contributed by atoms with Crippen LogP contribution in [-0.4, -0.2) is 38.5 Å². The van der Waals surface area contributed by atoms with Gasteiger partial charge in [0.05, 0.1) is 10.9 Å². The largest absolute Gasteiger partial charge is 0.437 e. The molecule has 1 aromatic carbocycles. The molecule has 0 atom stereocenters. The van der Waals surface area contributed by atoms with Crippen molar-refractivity contribution in [2.24, 2.45) is 0 Å². The fourth-order valence-corrected chi connectivity index (χ4v) is 3.64. The van der Waals surface area contributed by atoms with Gasteiger partial charge in [0, 0.05) is 18.9 Å². The van der Waals surface area contributed by atoms with Gasteiger partial charge in [0.25, 0.3) is 5.91 Å². The minimum atomic E-state index is -3.25. The zero-order valence-electron chi connectivity index (χ0n) is 16.0. The topological polar surface area (TPSA) is 101 Å². The number of aromatic nitrogens is 1. The Bertz CT molecular complexity index is 1200. The molecule has 0 bridgehead atoms. The average Bonchev–Trinajstić information content (AvgIpc) is 3.45. The van der Waals surface area contributed by atoms with Gasteiger partial charge >= 0.3 is 0 Å². The molecule has 29 heavy (non-hydrogen) atoms. The van der Waals surface area contributed by atoms with Gasteiger partial charge in [0.2, 0.25) is 5.71 Å². The van der Waals surface area contributed by atoms with Crippen LogP contribution in [0.25, 0.3) is 22.4 Å². The standard InChI is InChI=1S/C20H20FN3O4S/c1-22-19(25)16-15-9-14(11-3-4-11)18(23-10-29(2,26)27)24-20(15)28-17(16)12-5-7-13(21)8-6-12/h5-9,11H,3-4,10H2,1-2H3,(H,22,25)(H,23,24). The Morgan fingerprint density at radius 2 is 1.97 bits per heavy atom. The molecule has 4 rings (SSSR count). The predicted molar refractivity (Wildman–Crippen MR) is 108 cm³/mol. The molecule has 152 valence electrons. The molecule has 2 heterocycles. The normalized spacial score (nSPS) is 14.2. The minimum Gasteiger partial charge on any atom is -0.437 e. The van der Waals surface area contributed by atoms with Gasteiger partial charge in [-0.3, -0.25) is 4.79 Å². The molecule has 2 aromatic heterocycles. The number of hydrogen-bond acceptors (Lipinski definition) is 6. The van der Waals surface area contributed by atoms with E-state index in [0.29, 0.717) is 22.3 Å². The van der Waals surface area contributed by atoms with Crippen LogP contribution in [0.1, 0.15) is 34.7 Å². The Hall–Kier alpha value is -2.94. The number of carbonyl (C=O) groups excluding carboxylic acids is 1. The summed E-state index contributed by atoms with van der Waals surface area (Å²) in [5.41, 5.74) is 1.93. The summed E-state index contributed by atoms with van der Waals surface area (Å²) in [7, 11) is -1.73. The first-order valence-corrected chi connectivity index (χ1v) is 11.2. The molecule has 0 saturated heterocycles. The number of nitrogens with one attached hydrogen (secondary N) is 2. The second-order valence-corrected chi connectivity index (χ2v) is 9.33. The van der Waals surface area contributed by atoms with E-state index in [-0.39, 0.29) is 29.2 Å². The Morgan fingerprint density at radius 3 is 2.55 bits per heavy atom. The maximum atomic E-state index is 13.3. The van der Waals surface area contributed by atoms with E-state index in [0.717, 1.165) is 24.7 Å². The number of benzene rings is 1. The lowest BCUT2D eigenvalue weighted by atomic mass is 10.0. The fraction of sp³-hybridized carbons (Fsp3) is 0.300. The Kier molecular flexibility index (Phi) is 4.77. The van der Waals surface area contributed by atoms with Crippen LogP contribution in [0.15, 0.2) is 34.7 Å². The highest BCUT2D eigenvalue weighted by Gasteiger charge is 2.30. The van der Waals surface area contributed by atoms with Gasteiger partial charge in [0.1, 0.15) is 23.3 Å². The van der Waals surface area contributed by atoms with Crippen molar-refractivity contribution < 1.29 is 22.0 Å². The van der Waals surface area contributed by atoms with Crippen molar-refractivity contribution in [3.63, 3.8) is 0 Å². The second kappa shape index (κ2) is 7.14. The molecule has 1 fully saturated rings. The van der Waals surface area contributed by atoms with Crippen LogP contribution in [0.3, 0.4) is 0 Å². The molecule has 1 amide bonds. The van der Waals surface area contributed by atoms with Crippen LogP contribution in [-0.2, 0) is 9.84 Å². The third-order valence-electron chi connectivity index (χ3n) is 4.79. The van der Waals surface area contributed by atoms with Crippen LogP contribution in [0.2, 0.25) is 0 Å². The summed E-state index contributed by atoms with van der Waals surface area (Å²) in [6, 6.07) is 7.48. The van der Waals surface area contributed by atoms with Gasteiger partial charge < -0.3 is 15.1 Å². The lowest BCUT2D eigenvalue weighted by Gasteiger charge is -2.10. The van der Waals surface area contributed by atoms with Crippen LogP contribution < -0.4 is 10.6 Å². The molecule has 3 aromatic rings. The molecule has 0 spiro atoms. The van der Waals surface area contributed by atoms with Crippen molar-refractivity contribution in [3.05, 3.63) is 47.3 Å². The molecule has 7 nitrogen and oxygen atoms in total. The fourth-order valence-electron chi connectivity index (χ4n) is 3.24. The van der Waals surface area contributed by atoms with Gasteiger partial charge in [-0.1, -0.05) is 0 Å². The summed E-state index contributed by atoms with van der Waals surface area (Å²) in [5, 5.41) is 6.02. The first-order chi connectivity index (χ1) is 13.8.